The van der Waals surface area contributed by atoms with E-state index in [9.17, 15) is 44.2 Å². The number of halogens is 2. The number of aliphatic hydroxyl groups excluding tert-OH is 6. The zero-order chi connectivity index (χ0) is 83.0. The fourth-order valence-electron chi connectivity index (χ4n) is 11.2. The number of benzene rings is 6. The molecule has 0 aromatic heterocycles. The minimum atomic E-state index is -0.753. The van der Waals surface area contributed by atoms with Gasteiger partial charge in [-0.1, -0.05) is 104 Å². The van der Waals surface area contributed by atoms with E-state index in [1.807, 2.05) is 140 Å². The van der Waals surface area contributed by atoms with Crippen LogP contribution in [0.1, 0.15) is 135 Å². The van der Waals surface area contributed by atoms with Crippen LogP contribution in [0, 0.1) is 17.6 Å². The third kappa shape index (κ3) is 44.3. The Labute approximate surface area is 676 Å². The van der Waals surface area contributed by atoms with E-state index in [1.54, 1.807) is 19.2 Å². The molecule has 1 aliphatic carbocycles. The Morgan fingerprint density at radius 1 is 0.439 bits per heavy atom. The zero-order valence-corrected chi connectivity index (χ0v) is 69.5. The quantitative estimate of drug-likeness (QED) is 0.0125. The lowest BCUT2D eigenvalue weighted by molar-refractivity contribution is -0.140. The molecule has 8 unspecified atom stereocenters. The van der Waals surface area contributed by atoms with Crippen LogP contribution in [0.5, 0.6) is 34.5 Å². The molecule has 6 aromatic carbocycles. The Bertz CT molecular complexity index is 3400. The van der Waals surface area contributed by atoms with Gasteiger partial charge in [0.15, 0.2) is 0 Å². The predicted octanol–water partition coefficient (Wildman–Crippen LogP) is 10.3. The van der Waals surface area contributed by atoms with Gasteiger partial charge in [-0.3, -0.25) is 4.79 Å². The topological polar surface area (TPSA) is 300 Å². The standard InChI is InChI=1S/C22H25F2NO4.C18H31NO4.C18H29NO3.C16H25NO4.C15H25NO3/c23-15-3-7-19-13(9-15)1-5-21(28-19)17(26)11-25-12-18(27)22-6-2-14-10-16(24)4-8-20(14)29-22;1-14(2)19-11-17(20)13-23-18-7-5-16(6-8-18)12-21-9-10-22-15(3)4;1-14(2)19-11-17(20)13-22-18-7-5-15(6-8-18)9-10-21-12-16-3-4-16;1-12(2)17-10-14(18)11-21-15-7-4-13(5-8-15)6-9-16(19)20-3;1-12(2)16-10-14(17)11-19-15-6-4-13(5-7-15)8-9-18-3/h3-4,7-10,17-18,21-22,25-27H,1-2,5-6,11-12H2;5-8,14-15,17,19-20H,9-13H2,1-4H3;5-8,14,16-17,19-20H,3-4,9-13H2,1-2H3;4-5,7-8,12,14,17-18H,6,9-11H2,1-3H3;4-7,12,14,16-17H,8-11H2,1-3H3. The Morgan fingerprint density at radius 3 is 1.16 bits per heavy atom. The first kappa shape index (κ1) is 97.4. The van der Waals surface area contributed by atoms with Crippen LogP contribution < -0.4 is 55.0 Å². The van der Waals surface area contributed by atoms with Gasteiger partial charge in [0.25, 0.3) is 0 Å². The molecule has 11 N–H and O–H groups in total. The normalized spacial score (nSPS) is 15.8. The predicted molar refractivity (Wildman–Crippen MR) is 441 cm³/mol. The molecular formula is C89H135F2N5O18. The Kier molecular flexibility index (Phi) is 48.1. The summed E-state index contributed by atoms with van der Waals surface area (Å²) in [6.07, 6.45) is 3.96. The lowest BCUT2D eigenvalue weighted by Crippen LogP contribution is -2.46. The SMILES string of the molecule is CC(C)NCC(O)COc1ccc(CCOCC2CC2)cc1.CC(C)NCC(O)COc1ccc(COCCOC(C)C)cc1.COC(=O)CCc1ccc(OCC(O)CNC(C)C)cc1.COCCc1ccc(OCC(O)CNC(C)C)cc1.OC(CNCC(O)C1CCc2cc(F)ccc2O1)C1CCc2cc(F)ccc2O1. The number of rotatable bonds is 47. The van der Waals surface area contributed by atoms with Crippen molar-refractivity contribution in [3.05, 3.63) is 178 Å². The summed E-state index contributed by atoms with van der Waals surface area (Å²) in [5.74, 6) is 4.28. The van der Waals surface area contributed by atoms with E-state index < -0.39 is 36.6 Å². The van der Waals surface area contributed by atoms with Gasteiger partial charge in [0.1, 0.15) is 121 Å². The van der Waals surface area contributed by atoms with Crippen molar-refractivity contribution < 1.29 is 96.3 Å². The molecule has 638 valence electrons. The Balaban J connectivity index is 0.000000257. The number of carbonyl (C=O) groups excluding carboxylic acids is 1. The van der Waals surface area contributed by atoms with Crippen LogP contribution in [0.3, 0.4) is 0 Å². The van der Waals surface area contributed by atoms with E-state index >= 15 is 0 Å². The molecule has 9 rings (SSSR count). The third-order valence-corrected chi connectivity index (χ3v) is 18.0. The third-order valence-electron chi connectivity index (χ3n) is 18.0. The van der Waals surface area contributed by atoms with E-state index in [0.29, 0.717) is 139 Å². The molecule has 1 saturated carbocycles. The monoisotopic (exact) mass is 1600 g/mol. The van der Waals surface area contributed by atoms with Gasteiger partial charge < -0.3 is 109 Å². The molecule has 0 amide bonds. The molecule has 25 heteroatoms. The van der Waals surface area contributed by atoms with Crippen LogP contribution in [0.15, 0.2) is 133 Å². The number of hydrogen-bond acceptors (Lipinski definition) is 23. The summed E-state index contributed by atoms with van der Waals surface area (Å²) in [5.41, 5.74) is 6.23. The summed E-state index contributed by atoms with van der Waals surface area (Å²) in [6, 6.07) is 41.4. The molecule has 0 radical (unpaired) electrons. The number of hydrogen-bond donors (Lipinski definition) is 11. The summed E-state index contributed by atoms with van der Waals surface area (Å²) in [4.78, 5) is 11.1. The molecule has 0 saturated heterocycles. The molecule has 6 aromatic rings. The van der Waals surface area contributed by atoms with Gasteiger partial charge in [0.2, 0.25) is 0 Å². The first-order valence-corrected chi connectivity index (χ1v) is 40.5. The number of aryl methyl sites for hydroxylation is 3. The number of aliphatic hydroxyl groups is 6. The maximum Gasteiger partial charge on any atom is 0.305 e. The van der Waals surface area contributed by atoms with Crippen LogP contribution in [0.25, 0.3) is 0 Å². The number of carbonyl (C=O) groups is 1. The molecule has 1 fully saturated rings. The number of methoxy groups -OCH3 is 2. The molecule has 8 atom stereocenters. The van der Waals surface area contributed by atoms with Crippen molar-refractivity contribution in [3.63, 3.8) is 0 Å². The van der Waals surface area contributed by atoms with Gasteiger partial charge in [0.05, 0.1) is 46.2 Å². The number of nitrogens with one attached hydrogen (secondary N) is 5. The first-order chi connectivity index (χ1) is 54.7. The van der Waals surface area contributed by atoms with Gasteiger partial charge in [-0.15, -0.1) is 0 Å². The summed E-state index contributed by atoms with van der Waals surface area (Å²) in [5, 5.41) is 75.7. The fraction of sp³-hybridized carbons (Fsp3) is 0.584. The molecule has 0 bridgehead atoms. The average Bonchev–Trinajstić information content (AvgIpc) is 1.02. The average molecular weight is 1600 g/mol. The van der Waals surface area contributed by atoms with Crippen molar-refractivity contribution in [2.45, 2.75) is 219 Å². The van der Waals surface area contributed by atoms with E-state index in [2.05, 4.69) is 57.3 Å². The highest BCUT2D eigenvalue weighted by Gasteiger charge is 2.30. The summed E-state index contributed by atoms with van der Waals surface area (Å²) in [7, 11) is 3.09. The van der Waals surface area contributed by atoms with Crippen LogP contribution in [0.2, 0.25) is 0 Å². The largest absolute Gasteiger partial charge is 0.491 e. The molecule has 2 heterocycles. The van der Waals surface area contributed by atoms with E-state index in [1.165, 1.54) is 55.3 Å². The summed E-state index contributed by atoms with van der Waals surface area (Å²) >= 11 is 0. The first-order valence-electron chi connectivity index (χ1n) is 40.5. The number of fused-ring (bicyclic) bond motifs is 2. The van der Waals surface area contributed by atoms with Crippen molar-refractivity contribution >= 4 is 5.97 Å². The van der Waals surface area contributed by atoms with Crippen LogP contribution in [0.4, 0.5) is 8.78 Å². The second kappa shape index (κ2) is 56.2. The Morgan fingerprint density at radius 2 is 0.807 bits per heavy atom. The molecular weight excluding hydrogens is 1460 g/mol. The van der Waals surface area contributed by atoms with Crippen LogP contribution in [-0.2, 0) is 67.2 Å². The number of ether oxygens (including phenoxy) is 11. The van der Waals surface area contributed by atoms with Gasteiger partial charge in [-0.2, -0.15) is 0 Å². The second-order valence-corrected chi connectivity index (χ2v) is 30.4. The Hall–Kier alpha value is -7.15. The lowest BCUT2D eigenvalue weighted by Gasteiger charge is -2.31. The summed E-state index contributed by atoms with van der Waals surface area (Å²) < 4.78 is 86.6. The molecule has 23 nitrogen and oxygen atoms in total. The molecule has 2 aliphatic heterocycles. The maximum absolute atomic E-state index is 13.3. The van der Waals surface area contributed by atoms with Crippen molar-refractivity contribution in [1.29, 1.82) is 0 Å². The molecule has 0 spiro atoms. The van der Waals surface area contributed by atoms with Crippen molar-refractivity contribution in [3.8, 4) is 34.5 Å². The maximum atomic E-state index is 13.3. The summed E-state index contributed by atoms with van der Waals surface area (Å²) in [6.45, 7) is 28.4. The van der Waals surface area contributed by atoms with E-state index in [4.69, 9.17) is 47.4 Å². The van der Waals surface area contributed by atoms with Gasteiger partial charge >= 0.3 is 5.97 Å². The highest BCUT2D eigenvalue weighted by molar-refractivity contribution is 5.69. The van der Waals surface area contributed by atoms with Gasteiger partial charge in [-0.05, 0) is 196 Å². The van der Waals surface area contributed by atoms with Crippen LogP contribution >= 0.6 is 0 Å². The highest BCUT2D eigenvalue weighted by Crippen LogP contribution is 2.32. The molecule has 3 aliphatic rings. The van der Waals surface area contributed by atoms with Crippen molar-refractivity contribution in [1.82, 2.24) is 26.6 Å². The molecule has 114 heavy (non-hydrogen) atoms. The van der Waals surface area contributed by atoms with Crippen molar-refractivity contribution in [2.24, 2.45) is 5.92 Å². The second-order valence-electron chi connectivity index (χ2n) is 30.4. The van der Waals surface area contributed by atoms with E-state index in [-0.39, 0.29) is 62.2 Å². The zero-order valence-electron chi connectivity index (χ0n) is 69.5. The van der Waals surface area contributed by atoms with E-state index in [0.717, 1.165) is 78.1 Å². The minimum absolute atomic E-state index is 0.212. The minimum Gasteiger partial charge on any atom is -0.491 e. The van der Waals surface area contributed by atoms with Gasteiger partial charge in [0, 0.05) is 83.6 Å². The van der Waals surface area contributed by atoms with Crippen molar-refractivity contribution in [2.75, 3.05) is 113 Å². The smallest absolute Gasteiger partial charge is 0.305 e. The highest BCUT2D eigenvalue weighted by atomic mass is 19.1. The lowest BCUT2D eigenvalue weighted by atomic mass is 9.98. The fourth-order valence-corrected chi connectivity index (χ4v) is 11.2. The van der Waals surface area contributed by atoms with Gasteiger partial charge in [-0.25, -0.2) is 8.78 Å². The van der Waals surface area contributed by atoms with Crippen LogP contribution in [-0.4, -0.2) is 229 Å². The number of esters is 1.